The van der Waals surface area contributed by atoms with Crippen LogP contribution in [0, 0.1) is 0 Å². The van der Waals surface area contributed by atoms with E-state index in [9.17, 15) is 4.79 Å². The van der Waals surface area contributed by atoms with Crippen LogP contribution in [0.1, 0.15) is 17.3 Å². The highest BCUT2D eigenvalue weighted by Crippen LogP contribution is 2.26. The fourth-order valence-corrected chi connectivity index (χ4v) is 2.90. The van der Waals surface area contributed by atoms with E-state index in [1.54, 1.807) is 30.0 Å². The molecule has 1 aromatic carbocycles. The number of hydrogen-bond acceptors (Lipinski definition) is 3. The van der Waals surface area contributed by atoms with E-state index in [1.165, 1.54) is 0 Å². The number of rotatable bonds is 4. The molecule has 0 spiro atoms. The van der Waals surface area contributed by atoms with Crippen LogP contribution in [0.4, 0.5) is 0 Å². The molecule has 1 aliphatic rings. The van der Waals surface area contributed by atoms with Crippen molar-refractivity contribution in [2.24, 2.45) is 0 Å². The van der Waals surface area contributed by atoms with Crippen molar-refractivity contribution >= 4 is 29.1 Å². The molecular weight excluding hydrogens is 244 g/mol. The molecule has 0 amide bonds. The maximum atomic E-state index is 12.1. The molecule has 1 fully saturated rings. The zero-order chi connectivity index (χ0) is 11.5. The first-order valence-corrected chi connectivity index (χ1v) is 6.52. The normalized spacial score (nSPS) is 17.9. The molecule has 1 aromatic rings. The highest BCUT2D eigenvalue weighted by Gasteiger charge is 2.25. The Morgan fingerprint density at radius 2 is 2.31 bits per heavy atom. The molecule has 0 radical (unpaired) electrons. The van der Waals surface area contributed by atoms with Crippen molar-refractivity contribution in [3.8, 4) is 0 Å². The Morgan fingerprint density at radius 3 is 2.88 bits per heavy atom. The zero-order valence-electron chi connectivity index (χ0n) is 8.98. The van der Waals surface area contributed by atoms with Gasteiger partial charge in [-0.2, -0.15) is 0 Å². The second-order valence-corrected chi connectivity index (χ2v) is 5.89. The summed E-state index contributed by atoms with van der Waals surface area (Å²) in [4.78, 5) is 12.1. The van der Waals surface area contributed by atoms with Gasteiger partial charge in [0.2, 0.25) is 0 Å². The number of carbonyl (C=O) groups excluding carboxylic acids is 1. The van der Waals surface area contributed by atoms with Gasteiger partial charge in [0, 0.05) is 10.6 Å². The van der Waals surface area contributed by atoms with Crippen LogP contribution in [-0.4, -0.2) is 29.5 Å². The van der Waals surface area contributed by atoms with E-state index in [4.69, 9.17) is 16.3 Å². The summed E-state index contributed by atoms with van der Waals surface area (Å²) in [5, 5.41) is 1.04. The van der Waals surface area contributed by atoms with E-state index in [2.05, 4.69) is 0 Å². The third-order valence-corrected chi connectivity index (χ3v) is 4.00. The Bertz CT molecular complexity index is 390. The molecule has 1 saturated heterocycles. The van der Waals surface area contributed by atoms with Crippen LogP contribution in [-0.2, 0) is 4.74 Å². The zero-order valence-corrected chi connectivity index (χ0v) is 10.6. The van der Waals surface area contributed by atoms with E-state index in [0.717, 1.165) is 13.2 Å². The van der Waals surface area contributed by atoms with E-state index in [1.807, 2.05) is 13.0 Å². The molecule has 0 aliphatic carbocycles. The van der Waals surface area contributed by atoms with Gasteiger partial charge in [0.15, 0.2) is 5.78 Å². The molecule has 0 bridgehead atoms. The Hall–Kier alpha value is -0.510. The smallest absolute Gasteiger partial charge is 0.175 e. The second kappa shape index (κ2) is 5.21. The van der Waals surface area contributed by atoms with Crippen LogP contribution in [0.3, 0.4) is 0 Å². The number of ketones is 1. The van der Waals surface area contributed by atoms with Gasteiger partial charge < -0.3 is 4.74 Å². The molecule has 1 atom stereocenters. The van der Waals surface area contributed by atoms with Gasteiger partial charge in [0.1, 0.15) is 0 Å². The number of ether oxygens (including phenoxy) is 1. The SMILES string of the molecule is CC(SC1COC1)C(=O)c1cccc(Cl)c1. The van der Waals surface area contributed by atoms with Crippen LogP contribution in [0.2, 0.25) is 5.02 Å². The van der Waals surface area contributed by atoms with Gasteiger partial charge in [-0.25, -0.2) is 0 Å². The van der Waals surface area contributed by atoms with E-state index < -0.39 is 0 Å². The number of halogens is 1. The topological polar surface area (TPSA) is 26.3 Å². The van der Waals surface area contributed by atoms with Crippen LogP contribution < -0.4 is 0 Å². The first-order chi connectivity index (χ1) is 7.66. The predicted molar refractivity (Wildman–Crippen MR) is 67.4 cm³/mol. The van der Waals surface area contributed by atoms with Crippen molar-refractivity contribution in [3.63, 3.8) is 0 Å². The summed E-state index contributed by atoms with van der Waals surface area (Å²) in [5.74, 6) is 0.138. The quantitative estimate of drug-likeness (QED) is 0.775. The van der Waals surface area contributed by atoms with Crippen molar-refractivity contribution in [3.05, 3.63) is 34.9 Å². The van der Waals surface area contributed by atoms with Gasteiger partial charge in [-0.3, -0.25) is 4.79 Å². The molecule has 1 unspecified atom stereocenters. The van der Waals surface area contributed by atoms with Crippen molar-refractivity contribution in [1.29, 1.82) is 0 Å². The summed E-state index contributed by atoms with van der Waals surface area (Å²) in [5.41, 5.74) is 0.688. The summed E-state index contributed by atoms with van der Waals surface area (Å²) < 4.78 is 5.09. The number of Topliss-reactive ketones (excluding diaryl/α,β-unsaturated/α-hetero) is 1. The number of benzene rings is 1. The number of carbonyl (C=O) groups is 1. The average molecular weight is 257 g/mol. The van der Waals surface area contributed by atoms with E-state index >= 15 is 0 Å². The van der Waals surface area contributed by atoms with Crippen molar-refractivity contribution in [1.82, 2.24) is 0 Å². The highest BCUT2D eigenvalue weighted by molar-refractivity contribution is 8.01. The highest BCUT2D eigenvalue weighted by atomic mass is 35.5. The van der Waals surface area contributed by atoms with E-state index in [-0.39, 0.29) is 11.0 Å². The molecule has 16 heavy (non-hydrogen) atoms. The standard InChI is InChI=1S/C12H13ClO2S/c1-8(16-11-6-15-7-11)12(14)9-3-2-4-10(13)5-9/h2-5,8,11H,6-7H2,1H3. The summed E-state index contributed by atoms with van der Waals surface area (Å²) in [6.07, 6.45) is 0. The lowest BCUT2D eigenvalue weighted by Gasteiger charge is -2.27. The van der Waals surface area contributed by atoms with Crippen molar-refractivity contribution < 1.29 is 9.53 Å². The average Bonchev–Trinajstić information content (AvgIpc) is 2.22. The van der Waals surface area contributed by atoms with Crippen LogP contribution in [0.5, 0.6) is 0 Å². The maximum Gasteiger partial charge on any atom is 0.175 e. The van der Waals surface area contributed by atoms with Crippen molar-refractivity contribution in [2.75, 3.05) is 13.2 Å². The van der Waals surface area contributed by atoms with Gasteiger partial charge >= 0.3 is 0 Å². The number of hydrogen-bond donors (Lipinski definition) is 0. The third-order valence-electron chi connectivity index (χ3n) is 2.48. The summed E-state index contributed by atoms with van der Waals surface area (Å²) in [6.45, 7) is 3.46. The van der Waals surface area contributed by atoms with Crippen LogP contribution >= 0.6 is 23.4 Å². The Labute approximate surface area is 104 Å². The van der Waals surface area contributed by atoms with Crippen molar-refractivity contribution in [2.45, 2.75) is 17.4 Å². The molecule has 0 saturated carbocycles. The Kier molecular flexibility index (Phi) is 3.90. The predicted octanol–water partition coefficient (Wildman–Crippen LogP) is 3.04. The van der Waals surface area contributed by atoms with Crippen LogP contribution in [0.15, 0.2) is 24.3 Å². The molecule has 4 heteroatoms. The molecule has 0 aromatic heterocycles. The van der Waals surface area contributed by atoms with Gasteiger partial charge in [0.25, 0.3) is 0 Å². The molecule has 1 heterocycles. The second-order valence-electron chi connectivity index (χ2n) is 3.81. The molecule has 1 aliphatic heterocycles. The molecule has 2 rings (SSSR count). The molecule has 86 valence electrons. The largest absolute Gasteiger partial charge is 0.379 e. The summed E-state index contributed by atoms with van der Waals surface area (Å²) in [6, 6.07) is 7.11. The minimum Gasteiger partial charge on any atom is -0.379 e. The van der Waals surface area contributed by atoms with Gasteiger partial charge in [-0.05, 0) is 19.1 Å². The maximum absolute atomic E-state index is 12.1. The van der Waals surface area contributed by atoms with Crippen LogP contribution in [0.25, 0.3) is 0 Å². The monoisotopic (exact) mass is 256 g/mol. The Morgan fingerprint density at radius 1 is 1.56 bits per heavy atom. The van der Waals surface area contributed by atoms with Gasteiger partial charge in [-0.1, -0.05) is 23.7 Å². The lowest BCUT2D eigenvalue weighted by Crippen LogP contribution is -2.33. The molecular formula is C12H13ClO2S. The molecule has 2 nitrogen and oxygen atoms in total. The molecule has 0 N–H and O–H groups in total. The fraction of sp³-hybridized carbons (Fsp3) is 0.417. The Balaban J connectivity index is 2.00. The lowest BCUT2D eigenvalue weighted by molar-refractivity contribution is 0.0453. The minimum absolute atomic E-state index is 0.0348. The third kappa shape index (κ3) is 2.78. The van der Waals surface area contributed by atoms with Gasteiger partial charge in [-0.15, -0.1) is 11.8 Å². The summed E-state index contributed by atoms with van der Waals surface area (Å²) >= 11 is 7.54. The minimum atomic E-state index is -0.0348. The van der Waals surface area contributed by atoms with Gasteiger partial charge in [0.05, 0.1) is 23.7 Å². The number of thioether (sulfide) groups is 1. The first-order valence-electron chi connectivity index (χ1n) is 5.20. The first kappa shape index (κ1) is 12.0. The lowest BCUT2D eigenvalue weighted by atomic mass is 10.1. The fourth-order valence-electron chi connectivity index (χ4n) is 1.52. The van der Waals surface area contributed by atoms with E-state index in [0.29, 0.717) is 15.8 Å². The summed E-state index contributed by atoms with van der Waals surface area (Å²) in [7, 11) is 0.